The molecular formula is C11H15N3O2. The van der Waals surface area contributed by atoms with Crippen LogP contribution in [0.2, 0.25) is 0 Å². The van der Waals surface area contributed by atoms with E-state index >= 15 is 0 Å². The summed E-state index contributed by atoms with van der Waals surface area (Å²) < 4.78 is 4.97. The van der Waals surface area contributed by atoms with Crippen LogP contribution in [-0.2, 0) is 0 Å². The highest BCUT2D eigenvalue weighted by molar-refractivity contribution is 5.84. The van der Waals surface area contributed by atoms with Crippen LogP contribution < -0.4 is 15.9 Å². The monoisotopic (exact) mass is 221 g/mol. The predicted octanol–water partition coefficient (Wildman–Crippen LogP) is 1.42. The number of hydrazone groups is 1. The Kier molecular flexibility index (Phi) is 4.47. The number of nitrogens with zero attached hydrogens (tertiary/aromatic N) is 1. The molecule has 1 amide bonds. The minimum absolute atomic E-state index is 0.296. The smallest absolute Gasteiger partial charge is 0.409 e. The van der Waals surface area contributed by atoms with Gasteiger partial charge >= 0.3 is 6.09 Å². The van der Waals surface area contributed by atoms with Gasteiger partial charge in [-0.1, -0.05) is 17.7 Å². The molecule has 1 rings (SSSR count). The second-order valence-electron chi connectivity index (χ2n) is 3.37. The highest BCUT2D eigenvalue weighted by Gasteiger charge is 2.02. The van der Waals surface area contributed by atoms with E-state index in [1.807, 2.05) is 19.1 Å². The van der Waals surface area contributed by atoms with Gasteiger partial charge < -0.3 is 10.5 Å². The van der Waals surface area contributed by atoms with Crippen molar-refractivity contribution in [3.05, 3.63) is 29.8 Å². The third kappa shape index (κ3) is 4.10. The lowest BCUT2D eigenvalue weighted by Gasteiger charge is -2.03. The number of hydrogen-bond acceptors (Lipinski definition) is 4. The average Bonchev–Trinajstić information content (AvgIpc) is 2.29. The SMILES string of the molecule is CC(CN)=NNC(=O)Oc1ccc(C)cc1. The summed E-state index contributed by atoms with van der Waals surface area (Å²) in [4.78, 5) is 11.2. The third-order valence-electron chi connectivity index (χ3n) is 1.86. The molecule has 16 heavy (non-hydrogen) atoms. The average molecular weight is 221 g/mol. The van der Waals surface area contributed by atoms with Crippen molar-refractivity contribution in [3.63, 3.8) is 0 Å². The maximum Gasteiger partial charge on any atom is 0.433 e. The molecule has 1 aromatic carbocycles. The van der Waals surface area contributed by atoms with Gasteiger partial charge in [-0.3, -0.25) is 0 Å². The molecule has 0 spiro atoms. The predicted molar refractivity (Wildman–Crippen MR) is 62.5 cm³/mol. The first kappa shape index (κ1) is 12.2. The zero-order chi connectivity index (χ0) is 12.0. The standard InChI is InChI=1S/C11H15N3O2/c1-8-3-5-10(6-4-8)16-11(15)14-13-9(2)7-12/h3-6H,7,12H2,1-2H3,(H,14,15). The van der Waals surface area contributed by atoms with E-state index in [2.05, 4.69) is 10.5 Å². The van der Waals surface area contributed by atoms with Crippen LogP contribution >= 0.6 is 0 Å². The first-order valence-corrected chi connectivity index (χ1v) is 4.89. The summed E-state index contributed by atoms with van der Waals surface area (Å²) in [6.07, 6.45) is -0.628. The van der Waals surface area contributed by atoms with Crippen molar-refractivity contribution < 1.29 is 9.53 Å². The first-order chi connectivity index (χ1) is 7.61. The van der Waals surface area contributed by atoms with Gasteiger partial charge in [0.15, 0.2) is 0 Å². The number of hydrogen-bond donors (Lipinski definition) is 2. The van der Waals surface area contributed by atoms with Gasteiger partial charge in [0.2, 0.25) is 0 Å². The normalized spacial score (nSPS) is 11.1. The molecule has 86 valence electrons. The summed E-state index contributed by atoms with van der Waals surface area (Å²) in [6.45, 7) is 3.97. The molecule has 0 saturated heterocycles. The van der Waals surface area contributed by atoms with Gasteiger partial charge in [-0.05, 0) is 26.0 Å². The van der Waals surface area contributed by atoms with E-state index in [0.29, 0.717) is 18.0 Å². The fourth-order valence-electron chi connectivity index (χ4n) is 0.923. The van der Waals surface area contributed by atoms with E-state index in [1.165, 1.54) is 0 Å². The zero-order valence-corrected chi connectivity index (χ0v) is 9.36. The van der Waals surface area contributed by atoms with Crippen molar-refractivity contribution in [2.45, 2.75) is 13.8 Å². The second-order valence-corrected chi connectivity index (χ2v) is 3.37. The van der Waals surface area contributed by atoms with Crippen LogP contribution in [-0.4, -0.2) is 18.3 Å². The lowest BCUT2D eigenvalue weighted by atomic mass is 10.2. The summed E-state index contributed by atoms with van der Waals surface area (Å²) in [7, 11) is 0. The number of amides is 1. The molecule has 5 heteroatoms. The van der Waals surface area contributed by atoms with Gasteiger partial charge in [0.25, 0.3) is 0 Å². The van der Waals surface area contributed by atoms with Crippen molar-refractivity contribution in [1.82, 2.24) is 5.43 Å². The summed E-state index contributed by atoms with van der Waals surface area (Å²) in [5.74, 6) is 0.476. The van der Waals surface area contributed by atoms with Crippen LogP contribution in [0.5, 0.6) is 5.75 Å². The minimum Gasteiger partial charge on any atom is -0.409 e. The quantitative estimate of drug-likeness (QED) is 0.598. The molecular weight excluding hydrogens is 206 g/mol. The van der Waals surface area contributed by atoms with Gasteiger partial charge in [-0.25, -0.2) is 10.2 Å². The largest absolute Gasteiger partial charge is 0.433 e. The molecule has 0 heterocycles. The molecule has 0 saturated carbocycles. The number of aryl methyl sites for hydroxylation is 1. The third-order valence-corrected chi connectivity index (χ3v) is 1.86. The minimum atomic E-state index is -0.628. The Morgan fingerprint density at radius 2 is 2.06 bits per heavy atom. The first-order valence-electron chi connectivity index (χ1n) is 4.89. The van der Waals surface area contributed by atoms with Crippen LogP contribution in [0, 0.1) is 6.92 Å². The molecule has 5 nitrogen and oxygen atoms in total. The van der Waals surface area contributed by atoms with Crippen LogP contribution in [0.1, 0.15) is 12.5 Å². The Balaban J connectivity index is 2.49. The molecule has 1 aromatic rings. The summed E-state index contributed by atoms with van der Waals surface area (Å²) in [5, 5.41) is 3.72. The lowest BCUT2D eigenvalue weighted by molar-refractivity contribution is 0.201. The highest BCUT2D eigenvalue weighted by Crippen LogP contribution is 2.11. The Labute approximate surface area is 94.3 Å². The van der Waals surface area contributed by atoms with Crippen molar-refractivity contribution in [2.75, 3.05) is 6.54 Å². The Hall–Kier alpha value is -1.88. The number of carbonyl (C=O) groups excluding carboxylic acids is 1. The lowest BCUT2D eigenvalue weighted by Crippen LogP contribution is -2.24. The number of benzene rings is 1. The molecule has 0 aliphatic heterocycles. The number of nitrogens with two attached hydrogens (primary N) is 1. The molecule has 0 fully saturated rings. The van der Waals surface area contributed by atoms with Gasteiger partial charge in [0.05, 0.1) is 0 Å². The molecule has 3 N–H and O–H groups in total. The maximum absolute atomic E-state index is 11.2. The maximum atomic E-state index is 11.2. The van der Waals surface area contributed by atoms with Crippen molar-refractivity contribution in [2.24, 2.45) is 10.8 Å². The number of ether oxygens (including phenoxy) is 1. The molecule has 0 unspecified atom stereocenters. The number of carbonyl (C=O) groups is 1. The van der Waals surface area contributed by atoms with E-state index in [0.717, 1.165) is 5.56 Å². The number of nitrogens with one attached hydrogen (secondary N) is 1. The Morgan fingerprint density at radius 3 is 2.62 bits per heavy atom. The van der Waals surface area contributed by atoms with Gasteiger partial charge in [0, 0.05) is 12.3 Å². The van der Waals surface area contributed by atoms with E-state index in [9.17, 15) is 4.79 Å². The van der Waals surface area contributed by atoms with Crippen molar-refractivity contribution in [3.8, 4) is 5.75 Å². The topological polar surface area (TPSA) is 76.7 Å². The van der Waals surface area contributed by atoms with E-state index in [1.54, 1.807) is 19.1 Å². The Bertz CT molecular complexity index is 385. The molecule has 0 aromatic heterocycles. The second kappa shape index (κ2) is 5.87. The van der Waals surface area contributed by atoms with E-state index < -0.39 is 6.09 Å². The summed E-state index contributed by atoms with van der Waals surface area (Å²) in [5.41, 5.74) is 9.28. The highest BCUT2D eigenvalue weighted by atomic mass is 16.6. The number of rotatable bonds is 3. The Morgan fingerprint density at radius 1 is 1.44 bits per heavy atom. The summed E-state index contributed by atoms with van der Waals surface area (Å²) in [6, 6.07) is 7.15. The molecule has 0 radical (unpaired) electrons. The van der Waals surface area contributed by atoms with Crippen LogP contribution in [0.4, 0.5) is 4.79 Å². The molecule has 0 atom stereocenters. The van der Waals surface area contributed by atoms with Crippen LogP contribution in [0.3, 0.4) is 0 Å². The summed E-state index contributed by atoms with van der Waals surface area (Å²) >= 11 is 0. The zero-order valence-electron chi connectivity index (χ0n) is 9.36. The fraction of sp³-hybridized carbons (Fsp3) is 0.273. The van der Waals surface area contributed by atoms with Crippen molar-refractivity contribution >= 4 is 11.8 Å². The van der Waals surface area contributed by atoms with E-state index in [4.69, 9.17) is 10.5 Å². The molecule has 0 bridgehead atoms. The molecule has 0 aliphatic carbocycles. The van der Waals surface area contributed by atoms with Crippen LogP contribution in [0.25, 0.3) is 0 Å². The van der Waals surface area contributed by atoms with E-state index in [-0.39, 0.29) is 0 Å². The fourth-order valence-corrected chi connectivity index (χ4v) is 0.923. The van der Waals surface area contributed by atoms with Crippen molar-refractivity contribution in [1.29, 1.82) is 0 Å². The van der Waals surface area contributed by atoms with Gasteiger partial charge in [-0.15, -0.1) is 0 Å². The van der Waals surface area contributed by atoms with Crippen LogP contribution in [0.15, 0.2) is 29.4 Å². The molecule has 0 aliphatic rings. The van der Waals surface area contributed by atoms with Gasteiger partial charge in [0.1, 0.15) is 5.75 Å². The van der Waals surface area contributed by atoms with Gasteiger partial charge in [-0.2, -0.15) is 5.10 Å².